The Labute approximate surface area is 117 Å². The number of ether oxygens (including phenoxy) is 1. The average molecular weight is 282 g/mol. The van der Waals surface area contributed by atoms with Crippen LogP contribution in [0.1, 0.15) is 18.4 Å². The lowest BCUT2D eigenvalue weighted by atomic mass is 10.1. The van der Waals surface area contributed by atoms with E-state index in [0.29, 0.717) is 36.7 Å². The summed E-state index contributed by atoms with van der Waals surface area (Å²) in [4.78, 5) is 24.7. The molecule has 0 aliphatic carbocycles. The monoisotopic (exact) mass is 281 g/mol. The van der Waals surface area contributed by atoms with E-state index in [0.717, 1.165) is 5.56 Å². The minimum absolute atomic E-state index is 0.0447. The molecule has 19 heavy (non-hydrogen) atoms. The van der Waals surface area contributed by atoms with Crippen LogP contribution in [0.4, 0.5) is 0 Å². The summed E-state index contributed by atoms with van der Waals surface area (Å²) in [5.74, 6) is 0.615. The Morgan fingerprint density at radius 2 is 2.05 bits per heavy atom. The molecule has 1 aliphatic rings. The molecule has 0 unspecified atom stereocenters. The smallest absolute Gasteiger partial charge is 0.260 e. The summed E-state index contributed by atoms with van der Waals surface area (Å²) in [5, 5.41) is 0.502. The zero-order chi connectivity index (χ0) is 13.8. The van der Waals surface area contributed by atoms with E-state index in [-0.39, 0.29) is 18.3 Å². The minimum Gasteiger partial charge on any atom is -0.482 e. The van der Waals surface area contributed by atoms with E-state index in [1.165, 1.54) is 0 Å². The fourth-order valence-corrected chi connectivity index (χ4v) is 2.25. The number of hydrogen-bond acceptors (Lipinski definition) is 3. The molecule has 5 heteroatoms. The molecule has 0 atom stereocenters. The molecule has 0 aromatic heterocycles. The van der Waals surface area contributed by atoms with E-state index in [1.54, 1.807) is 17.0 Å². The van der Waals surface area contributed by atoms with E-state index < -0.39 is 0 Å². The molecule has 0 spiro atoms. The highest BCUT2D eigenvalue weighted by atomic mass is 35.5. The highest BCUT2D eigenvalue weighted by Crippen LogP contribution is 2.25. The minimum atomic E-state index is -0.107. The molecular weight excluding hydrogens is 266 g/mol. The van der Waals surface area contributed by atoms with Gasteiger partial charge in [-0.25, -0.2) is 0 Å². The van der Waals surface area contributed by atoms with Crippen LogP contribution < -0.4 is 4.74 Å². The molecule has 1 heterocycles. The number of nitrogens with zero attached hydrogens (tertiary/aromatic N) is 1. The normalized spacial score (nSPS) is 15.5. The first kappa shape index (κ1) is 13.9. The van der Waals surface area contributed by atoms with Crippen LogP contribution in [-0.2, 0) is 9.59 Å². The number of piperidine rings is 1. The third-order valence-electron chi connectivity index (χ3n) is 3.11. The molecule has 102 valence electrons. The molecular formula is C14H16ClNO3. The van der Waals surface area contributed by atoms with Crippen LogP contribution in [0.2, 0.25) is 5.02 Å². The number of likely N-dealkylation sites (tertiary alicyclic amines) is 1. The number of carbonyl (C=O) groups is 2. The summed E-state index contributed by atoms with van der Waals surface area (Å²) in [7, 11) is 0. The zero-order valence-electron chi connectivity index (χ0n) is 10.8. The first-order chi connectivity index (χ1) is 9.06. The molecule has 1 aromatic carbocycles. The second-order valence-electron chi connectivity index (χ2n) is 4.64. The second-order valence-corrected chi connectivity index (χ2v) is 5.05. The maximum Gasteiger partial charge on any atom is 0.260 e. The van der Waals surface area contributed by atoms with Crippen LogP contribution in [0.25, 0.3) is 0 Å². The molecule has 2 rings (SSSR count). The second kappa shape index (κ2) is 6.06. The van der Waals surface area contributed by atoms with Gasteiger partial charge in [-0.2, -0.15) is 0 Å². The van der Waals surface area contributed by atoms with E-state index in [1.807, 2.05) is 13.0 Å². The summed E-state index contributed by atoms with van der Waals surface area (Å²) in [6.45, 7) is 2.87. The highest BCUT2D eigenvalue weighted by Gasteiger charge is 2.21. The molecule has 1 amide bonds. The Hall–Kier alpha value is -1.55. The van der Waals surface area contributed by atoms with Crippen molar-refractivity contribution in [2.45, 2.75) is 19.8 Å². The summed E-state index contributed by atoms with van der Waals surface area (Å²) in [6.07, 6.45) is 0.883. The number of rotatable bonds is 3. The van der Waals surface area contributed by atoms with E-state index in [4.69, 9.17) is 16.3 Å². The molecule has 0 bridgehead atoms. The number of halogens is 1. The van der Waals surface area contributed by atoms with Crippen LogP contribution in [0, 0.1) is 6.92 Å². The van der Waals surface area contributed by atoms with Gasteiger partial charge in [0.25, 0.3) is 5.91 Å². The Balaban J connectivity index is 1.88. The summed E-state index contributed by atoms with van der Waals surface area (Å²) in [6, 6.07) is 5.43. The fourth-order valence-electron chi connectivity index (χ4n) is 1.96. The number of Topliss-reactive ketones (excluding diaryl/α,β-unsaturated/α-hetero) is 1. The molecule has 1 aliphatic heterocycles. The van der Waals surface area contributed by atoms with Crippen LogP contribution >= 0.6 is 11.6 Å². The van der Waals surface area contributed by atoms with E-state index in [2.05, 4.69) is 0 Å². The molecule has 1 fully saturated rings. The summed E-state index contributed by atoms with van der Waals surface area (Å²) in [5.41, 5.74) is 1.04. The third kappa shape index (κ3) is 3.70. The van der Waals surface area contributed by atoms with Crippen molar-refractivity contribution in [2.24, 2.45) is 0 Å². The lowest BCUT2D eigenvalue weighted by molar-refractivity contribution is -0.136. The van der Waals surface area contributed by atoms with Gasteiger partial charge in [-0.3, -0.25) is 9.59 Å². The van der Waals surface area contributed by atoms with Crippen LogP contribution in [0.5, 0.6) is 5.75 Å². The van der Waals surface area contributed by atoms with Crippen molar-refractivity contribution in [1.29, 1.82) is 0 Å². The van der Waals surface area contributed by atoms with Crippen molar-refractivity contribution in [2.75, 3.05) is 19.7 Å². The van der Waals surface area contributed by atoms with Gasteiger partial charge in [-0.05, 0) is 24.6 Å². The lowest BCUT2D eigenvalue weighted by Crippen LogP contribution is -2.41. The Kier molecular flexibility index (Phi) is 4.43. The average Bonchev–Trinajstić information content (AvgIpc) is 2.38. The predicted molar refractivity (Wildman–Crippen MR) is 72.5 cm³/mol. The number of benzene rings is 1. The largest absolute Gasteiger partial charge is 0.482 e. The predicted octanol–water partition coefficient (Wildman–Crippen LogP) is 2.22. The molecule has 1 saturated heterocycles. The molecule has 0 radical (unpaired) electrons. The van der Waals surface area contributed by atoms with Crippen molar-refractivity contribution < 1.29 is 14.3 Å². The Morgan fingerprint density at radius 3 is 2.68 bits per heavy atom. The molecule has 0 saturated carbocycles. The third-order valence-corrected chi connectivity index (χ3v) is 3.41. The maximum atomic E-state index is 11.9. The van der Waals surface area contributed by atoms with E-state index >= 15 is 0 Å². The number of aryl methyl sites for hydroxylation is 1. The maximum absolute atomic E-state index is 11.9. The number of ketones is 1. The quantitative estimate of drug-likeness (QED) is 0.853. The summed E-state index contributed by atoms with van der Waals surface area (Å²) < 4.78 is 5.43. The highest BCUT2D eigenvalue weighted by molar-refractivity contribution is 6.32. The van der Waals surface area contributed by atoms with Gasteiger partial charge in [0.2, 0.25) is 0 Å². The topological polar surface area (TPSA) is 46.6 Å². The number of amides is 1. The number of carbonyl (C=O) groups excluding carboxylic acids is 2. The van der Waals surface area contributed by atoms with Crippen molar-refractivity contribution in [3.8, 4) is 5.75 Å². The van der Waals surface area contributed by atoms with Crippen molar-refractivity contribution in [3.63, 3.8) is 0 Å². The Morgan fingerprint density at radius 1 is 1.37 bits per heavy atom. The van der Waals surface area contributed by atoms with Crippen LogP contribution in [0.3, 0.4) is 0 Å². The number of hydrogen-bond donors (Lipinski definition) is 0. The van der Waals surface area contributed by atoms with Gasteiger partial charge < -0.3 is 9.64 Å². The van der Waals surface area contributed by atoms with Crippen molar-refractivity contribution in [1.82, 2.24) is 4.90 Å². The first-order valence-corrected chi connectivity index (χ1v) is 6.62. The fraction of sp³-hybridized carbons (Fsp3) is 0.429. The van der Waals surface area contributed by atoms with Gasteiger partial charge in [-0.15, -0.1) is 0 Å². The van der Waals surface area contributed by atoms with Gasteiger partial charge in [-0.1, -0.05) is 17.7 Å². The van der Waals surface area contributed by atoms with E-state index in [9.17, 15) is 9.59 Å². The van der Waals surface area contributed by atoms with Crippen molar-refractivity contribution in [3.05, 3.63) is 28.8 Å². The van der Waals surface area contributed by atoms with Gasteiger partial charge in [0, 0.05) is 25.9 Å². The van der Waals surface area contributed by atoms with Gasteiger partial charge in [0.15, 0.2) is 6.61 Å². The van der Waals surface area contributed by atoms with Crippen molar-refractivity contribution >= 4 is 23.3 Å². The SMILES string of the molecule is Cc1ccc(OCC(=O)N2CCC(=O)CC2)c(Cl)c1. The first-order valence-electron chi connectivity index (χ1n) is 6.24. The standard InChI is InChI=1S/C14H16ClNO3/c1-10-2-3-13(12(15)8-10)19-9-14(18)16-6-4-11(17)5-7-16/h2-3,8H,4-7,9H2,1H3. The summed E-state index contributed by atoms with van der Waals surface area (Å²) >= 11 is 6.02. The lowest BCUT2D eigenvalue weighted by Gasteiger charge is -2.26. The Bertz CT molecular complexity index is 491. The van der Waals surface area contributed by atoms with Gasteiger partial charge >= 0.3 is 0 Å². The van der Waals surface area contributed by atoms with Gasteiger partial charge in [0.1, 0.15) is 11.5 Å². The molecule has 0 N–H and O–H groups in total. The van der Waals surface area contributed by atoms with Crippen LogP contribution in [0.15, 0.2) is 18.2 Å². The molecule has 1 aromatic rings. The van der Waals surface area contributed by atoms with Crippen LogP contribution in [-0.4, -0.2) is 36.3 Å². The zero-order valence-corrected chi connectivity index (χ0v) is 11.6. The van der Waals surface area contributed by atoms with Gasteiger partial charge in [0.05, 0.1) is 5.02 Å². The molecule has 4 nitrogen and oxygen atoms in total.